The molecule has 0 saturated heterocycles. The van der Waals surface area contributed by atoms with E-state index in [1.807, 2.05) is 18.2 Å². The van der Waals surface area contributed by atoms with Crippen molar-refractivity contribution in [2.45, 2.75) is 39.3 Å². The summed E-state index contributed by atoms with van der Waals surface area (Å²) in [5, 5.41) is 14.5. The van der Waals surface area contributed by atoms with E-state index in [9.17, 15) is 14.3 Å². The van der Waals surface area contributed by atoms with Gasteiger partial charge in [0.1, 0.15) is 17.2 Å². The Hall–Kier alpha value is -3.82. The summed E-state index contributed by atoms with van der Waals surface area (Å²) in [4.78, 5) is 24.3. The molecule has 8 nitrogen and oxygen atoms in total. The van der Waals surface area contributed by atoms with Crippen LogP contribution in [0.1, 0.15) is 43.9 Å². The Balaban J connectivity index is 1.75. The third kappa shape index (κ3) is 5.22. The van der Waals surface area contributed by atoms with E-state index in [2.05, 4.69) is 20.3 Å². The number of benzene rings is 2. The minimum absolute atomic E-state index is 0.131. The van der Waals surface area contributed by atoms with Gasteiger partial charge in [0, 0.05) is 28.9 Å². The van der Waals surface area contributed by atoms with E-state index < -0.39 is 23.6 Å². The van der Waals surface area contributed by atoms with Crippen molar-refractivity contribution >= 4 is 34.3 Å². The van der Waals surface area contributed by atoms with Crippen molar-refractivity contribution in [3.8, 4) is 16.9 Å². The summed E-state index contributed by atoms with van der Waals surface area (Å²) in [6.07, 6.45) is 2.29. The number of nitrogens with one attached hydrogen (secondary N) is 1. The summed E-state index contributed by atoms with van der Waals surface area (Å²) in [6.45, 7) is 6.78. The molecule has 10 heteroatoms. The number of anilines is 1. The van der Waals surface area contributed by atoms with E-state index in [0.29, 0.717) is 33.1 Å². The summed E-state index contributed by atoms with van der Waals surface area (Å²) in [5.41, 5.74) is 7.62. The summed E-state index contributed by atoms with van der Waals surface area (Å²) in [7, 11) is 0. The van der Waals surface area contributed by atoms with Crippen LogP contribution in [0.3, 0.4) is 0 Å². The van der Waals surface area contributed by atoms with E-state index in [1.54, 1.807) is 40.1 Å². The molecule has 0 fully saturated rings. The second kappa shape index (κ2) is 9.67. The largest absolute Gasteiger partial charge is 0.410 e. The van der Waals surface area contributed by atoms with Crippen LogP contribution in [0.2, 0.25) is 5.02 Å². The molecule has 0 spiro atoms. The van der Waals surface area contributed by atoms with Gasteiger partial charge < -0.3 is 20.9 Å². The second-order valence-electron chi connectivity index (χ2n) is 8.94. The summed E-state index contributed by atoms with van der Waals surface area (Å²) < 4.78 is 19.6. The van der Waals surface area contributed by atoms with Crippen LogP contribution in [0.5, 0.6) is 5.75 Å². The number of amides is 1. The van der Waals surface area contributed by atoms with Crippen LogP contribution in [0, 0.1) is 12.7 Å². The number of nitrogens with two attached hydrogens (primary N) is 1. The van der Waals surface area contributed by atoms with Crippen LogP contribution in [0.15, 0.2) is 48.8 Å². The predicted molar refractivity (Wildman–Crippen MR) is 136 cm³/mol. The third-order valence-corrected chi connectivity index (χ3v) is 6.10. The van der Waals surface area contributed by atoms with Crippen molar-refractivity contribution in [1.82, 2.24) is 15.0 Å². The highest BCUT2D eigenvalue weighted by Gasteiger charge is 2.20. The molecule has 2 heterocycles. The molecule has 36 heavy (non-hydrogen) atoms. The monoisotopic (exact) mass is 509 g/mol. The van der Waals surface area contributed by atoms with Crippen LogP contribution in [-0.4, -0.2) is 26.2 Å². The zero-order chi connectivity index (χ0) is 26.2. The lowest BCUT2D eigenvalue weighted by atomic mass is 10.0. The first-order chi connectivity index (χ1) is 16.9. The number of primary amides is 1. The van der Waals surface area contributed by atoms with Crippen molar-refractivity contribution < 1.29 is 19.0 Å². The molecule has 0 aliphatic rings. The molecule has 2 aromatic heterocycles. The van der Waals surface area contributed by atoms with Gasteiger partial charge in [0.2, 0.25) is 0 Å². The molecule has 2 aromatic carbocycles. The molecule has 0 aliphatic heterocycles. The van der Waals surface area contributed by atoms with Crippen molar-refractivity contribution in [2.24, 2.45) is 5.73 Å². The Morgan fingerprint density at radius 2 is 1.86 bits per heavy atom. The number of aromatic nitrogens is 3. The summed E-state index contributed by atoms with van der Waals surface area (Å²) in [5.74, 6) is -0.0397. The van der Waals surface area contributed by atoms with Gasteiger partial charge in [0.25, 0.3) is 0 Å². The van der Waals surface area contributed by atoms with E-state index in [4.69, 9.17) is 22.1 Å². The minimum Gasteiger partial charge on any atom is -0.410 e. The topological polar surface area (TPSA) is 123 Å². The Labute approximate surface area is 212 Å². The Morgan fingerprint density at radius 1 is 1.17 bits per heavy atom. The average molecular weight is 510 g/mol. The maximum Gasteiger partial charge on any atom is 0.409 e. The number of hydrogen-bond acceptors (Lipinski definition) is 7. The van der Waals surface area contributed by atoms with Gasteiger partial charge >= 0.3 is 6.09 Å². The van der Waals surface area contributed by atoms with Crippen LogP contribution < -0.4 is 15.8 Å². The fraction of sp³-hybridized carbons (Fsp3) is 0.231. The maximum atomic E-state index is 14.7. The first-order valence-electron chi connectivity index (χ1n) is 11.1. The van der Waals surface area contributed by atoms with Gasteiger partial charge in [-0.1, -0.05) is 17.7 Å². The molecule has 4 N–H and O–H groups in total. The number of carbonyl (C=O) groups is 1. The SMILES string of the molecule is Cc1nc2ccc(-c3cnc(C(C)(C)O)nc3)cc2c(NC(C)c2cc(OC(N)=O)ccc2F)c1Cl. The molecule has 0 saturated carbocycles. The van der Waals surface area contributed by atoms with Crippen LogP contribution in [-0.2, 0) is 5.60 Å². The molecule has 0 radical (unpaired) electrons. The van der Waals surface area contributed by atoms with E-state index in [1.165, 1.54) is 18.2 Å². The van der Waals surface area contributed by atoms with Gasteiger partial charge in [-0.05, 0) is 63.6 Å². The van der Waals surface area contributed by atoms with Gasteiger partial charge in [-0.15, -0.1) is 0 Å². The second-order valence-corrected chi connectivity index (χ2v) is 9.32. The molecule has 0 bridgehead atoms. The first kappa shape index (κ1) is 25.3. The van der Waals surface area contributed by atoms with Crippen LogP contribution in [0.25, 0.3) is 22.0 Å². The number of hydrogen-bond donors (Lipinski definition) is 3. The highest BCUT2D eigenvalue weighted by Crippen LogP contribution is 2.37. The van der Waals surface area contributed by atoms with Crippen molar-refractivity contribution in [3.63, 3.8) is 0 Å². The lowest BCUT2D eigenvalue weighted by Gasteiger charge is -2.21. The van der Waals surface area contributed by atoms with Crippen LogP contribution >= 0.6 is 11.6 Å². The lowest BCUT2D eigenvalue weighted by Crippen LogP contribution is -2.19. The highest BCUT2D eigenvalue weighted by atomic mass is 35.5. The Kier molecular flexibility index (Phi) is 6.79. The van der Waals surface area contributed by atoms with E-state index in [-0.39, 0.29) is 11.3 Å². The number of nitrogens with zero attached hydrogens (tertiary/aromatic N) is 3. The number of fused-ring (bicyclic) bond motifs is 1. The van der Waals surface area contributed by atoms with E-state index in [0.717, 1.165) is 11.1 Å². The molecule has 1 unspecified atom stereocenters. The lowest BCUT2D eigenvalue weighted by molar-refractivity contribution is 0.0687. The zero-order valence-corrected chi connectivity index (χ0v) is 20.9. The Bertz CT molecular complexity index is 1460. The smallest absolute Gasteiger partial charge is 0.409 e. The molecule has 0 aliphatic carbocycles. The summed E-state index contributed by atoms with van der Waals surface area (Å²) in [6, 6.07) is 9.04. The molecule has 4 rings (SSSR count). The van der Waals surface area contributed by atoms with Crippen LogP contribution in [0.4, 0.5) is 14.9 Å². The molecule has 1 amide bonds. The minimum atomic E-state index is -1.15. The molecular weight excluding hydrogens is 485 g/mol. The number of carbonyl (C=O) groups excluding carboxylic acids is 1. The standard InChI is InChI=1S/C26H25ClFN5O3/c1-13(18-10-17(36-25(29)34)6-7-20(18)28)33-23-19-9-15(5-8-21(19)32-14(2)22(23)27)16-11-30-24(31-12-16)26(3,4)35/h5-13,35H,1-4H3,(H2,29,34)(H,32,33). The molecular formula is C26H25ClFN5O3. The van der Waals surface area contributed by atoms with Gasteiger partial charge in [0.15, 0.2) is 5.82 Å². The number of rotatable bonds is 6. The molecule has 186 valence electrons. The number of aliphatic hydroxyl groups is 1. The highest BCUT2D eigenvalue weighted by molar-refractivity contribution is 6.35. The van der Waals surface area contributed by atoms with Gasteiger partial charge in [0.05, 0.1) is 28.0 Å². The van der Waals surface area contributed by atoms with Gasteiger partial charge in [-0.3, -0.25) is 4.98 Å². The number of pyridine rings is 1. The Morgan fingerprint density at radius 3 is 2.50 bits per heavy atom. The number of aryl methyl sites for hydroxylation is 1. The number of halogens is 2. The maximum absolute atomic E-state index is 14.7. The fourth-order valence-electron chi connectivity index (χ4n) is 3.80. The van der Waals surface area contributed by atoms with Gasteiger partial charge in [-0.25, -0.2) is 19.2 Å². The van der Waals surface area contributed by atoms with Gasteiger partial charge in [-0.2, -0.15) is 0 Å². The normalized spacial score (nSPS) is 12.4. The molecule has 1 atom stereocenters. The van der Waals surface area contributed by atoms with Crippen molar-refractivity contribution in [3.05, 3.63) is 76.7 Å². The quantitative estimate of drug-likeness (QED) is 0.307. The van der Waals surface area contributed by atoms with Crippen molar-refractivity contribution in [2.75, 3.05) is 5.32 Å². The van der Waals surface area contributed by atoms with E-state index >= 15 is 0 Å². The number of ether oxygens (including phenoxy) is 1. The average Bonchev–Trinajstić information content (AvgIpc) is 2.82. The summed E-state index contributed by atoms with van der Waals surface area (Å²) >= 11 is 6.66. The fourth-order valence-corrected chi connectivity index (χ4v) is 4.00. The van der Waals surface area contributed by atoms with Crippen molar-refractivity contribution in [1.29, 1.82) is 0 Å². The third-order valence-electron chi connectivity index (χ3n) is 5.64. The predicted octanol–water partition coefficient (Wildman–Crippen LogP) is 5.65. The molecule has 4 aromatic rings. The zero-order valence-electron chi connectivity index (χ0n) is 20.1. The first-order valence-corrected chi connectivity index (χ1v) is 11.5.